The van der Waals surface area contributed by atoms with Crippen molar-refractivity contribution >= 4 is 35.0 Å². The number of anilines is 3. The highest BCUT2D eigenvalue weighted by Crippen LogP contribution is 2.34. The second-order valence-electron chi connectivity index (χ2n) is 9.70. The average Bonchev–Trinajstić information content (AvgIpc) is 3.27. The minimum Gasteiger partial charge on any atom is -0.386 e. The Morgan fingerprint density at radius 1 is 1.12 bits per heavy atom. The molecule has 4 aromatic rings. The van der Waals surface area contributed by atoms with Gasteiger partial charge < -0.3 is 15.3 Å². The number of ketones is 1. The molecular weight excluding hydrogens is 541 g/mol. The van der Waals surface area contributed by atoms with E-state index in [1.165, 1.54) is 30.0 Å². The highest BCUT2D eigenvalue weighted by atomic mass is 32.2. The van der Waals surface area contributed by atoms with Gasteiger partial charge in [-0.15, -0.1) is 0 Å². The Hall–Kier alpha value is -3.90. The summed E-state index contributed by atoms with van der Waals surface area (Å²) in [5.74, 6) is 1.18. The number of Topliss-reactive ketones (excluding diaryl/α,β-unsaturated/α-hetero) is 1. The number of aliphatic hydroxyl groups is 1. The van der Waals surface area contributed by atoms with Crippen molar-refractivity contribution in [2.24, 2.45) is 0 Å². The van der Waals surface area contributed by atoms with E-state index in [0.717, 1.165) is 16.7 Å². The highest BCUT2D eigenvalue weighted by Gasteiger charge is 2.38. The number of H-pyrrole nitrogens is 1. The maximum absolute atomic E-state index is 13.3. The van der Waals surface area contributed by atoms with Crippen molar-refractivity contribution in [1.29, 1.82) is 0 Å². The molecular formula is C28H35F3N6O2S. The Kier molecular flexibility index (Phi) is 8.22. The Morgan fingerprint density at radius 3 is 2.45 bits per heavy atom. The summed E-state index contributed by atoms with van der Waals surface area (Å²) in [6, 6.07) is 15.4. The van der Waals surface area contributed by atoms with Gasteiger partial charge >= 0.3 is 6.18 Å². The first-order valence-electron chi connectivity index (χ1n) is 12.1. The van der Waals surface area contributed by atoms with Gasteiger partial charge in [-0.2, -0.15) is 18.3 Å². The Labute approximate surface area is 238 Å². The van der Waals surface area contributed by atoms with Crippen LogP contribution >= 0.6 is 11.8 Å². The van der Waals surface area contributed by atoms with Crippen molar-refractivity contribution in [2.45, 2.75) is 49.5 Å². The van der Waals surface area contributed by atoms with E-state index >= 15 is 0 Å². The molecule has 40 heavy (non-hydrogen) atoms. The number of nitrogens with zero attached hydrogens (tertiary/aromatic N) is 4. The Balaban J connectivity index is 0.00000231. The van der Waals surface area contributed by atoms with Gasteiger partial charge in [0.25, 0.3) is 0 Å². The van der Waals surface area contributed by atoms with Crippen LogP contribution in [0.3, 0.4) is 0 Å². The zero-order valence-electron chi connectivity index (χ0n) is 21.1. The van der Waals surface area contributed by atoms with Crippen molar-refractivity contribution in [3.8, 4) is 0 Å². The SMILES string of the molecule is C.Cc1cc(Nc2cc(N3CC(C)(O)C3)nc(Sc3ccc(CC(=O)c4ccccc4C(F)(F)F)cc3)n2)n[nH]1.[HH].[HH].[HH]. The topological polar surface area (TPSA) is 107 Å². The zero-order valence-corrected chi connectivity index (χ0v) is 21.9. The molecule has 216 valence electrons. The third kappa shape index (κ3) is 6.80. The van der Waals surface area contributed by atoms with Crippen LogP contribution in [-0.4, -0.2) is 49.7 Å². The number of hydrogen-bond acceptors (Lipinski definition) is 8. The first-order valence-corrected chi connectivity index (χ1v) is 12.9. The molecule has 3 N–H and O–H groups in total. The van der Waals surface area contributed by atoms with E-state index in [2.05, 4.69) is 25.5 Å². The van der Waals surface area contributed by atoms with E-state index < -0.39 is 23.1 Å². The number of aromatic amines is 1. The number of carbonyl (C=O) groups is 1. The summed E-state index contributed by atoms with van der Waals surface area (Å²) in [5, 5.41) is 20.8. The lowest BCUT2D eigenvalue weighted by Crippen LogP contribution is -2.60. The Morgan fingerprint density at radius 2 is 1.82 bits per heavy atom. The number of β-amino-alcohol motifs (C(OH)–C–C–N with tert-alkyl or cyclic N) is 1. The number of hydrogen-bond donors (Lipinski definition) is 3. The van der Waals surface area contributed by atoms with Gasteiger partial charge in [0.1, 0.15) is 11.6 Å². The van der Waals surface area contributed by atoms with E-state index in [9.17, 15) is 23.1 Å². The van der Waals surface area contributed by atoms with Crippen molar-refractivity contribution < 1.29 is 27.4 Å². The monoisotopic (exact) mass is 576 g/mol. The van der Waals surface area contributed by atoms with Gasteiger partial charge in [0, 0.05) is 52.1 Å². The molecule has 5 rings (SSSR count). The molecule has 1 aliphatic rings. The normalized spacial score (nSPS) is 14.3. The number of halogens is 3. The van der Waals surface area contributed by atoms with E-state index in [0.29, 0.717) is 41.3 Å². The predicted molar refractivity (Wildman–Crippen MR) is 155 cm³/mol. The second-order valence-corrected chi connectivity index (χ2v) is 10.7. The van der Waals surface area contributed by atoms with Gasteiger partial charge in [0.2, 0.25) is 0 Å². The number of alkyl halides is 3. The molecule has 3 heterocycles. The maximum atomic E-state index is 13.3. The highest BCUT2D eigenvalue weighted by molar-refractivity contribution is 7.99. The third-order valence-corrected chi connectivity index (χ3v) is 6.94. The van der Waals surface area contributed by atoms with Crippen LogP contribution in [0.2, 0.25) is 0 Å². The molecule has 0 aliphatic carbocycles. The smallest absolute Gasteiger partial charge is 0.386 e. The number of carbonyl (C=O) groups excluding carboxylic acids is 1. The quantitative estimate of drug-likeness (QED) is 0.155. The van der Waals surface area contributed by atoms with E-state index in [-0.39, 0.29) is 23.7 Å². The van der Waals surface area contributed by atoms with Gasteiger partial charge in [-0.3, -0.25) is 9.89 Å². The summed E-state index contributed by atoms with van der Waals surface area (Å²) < 4.78 is 39.9. The number of nitrogens with one attached hydrogen (secondary N) is 2. The zero-order chi connectivity index (χ0) is 27.8. The van der Waals surface area contributed by atoms with Crippen LogP contribution in [0, 0.1) is 6.92 Å². The number of rotatable bonds is 8. The molecule has 0 saturated carbocycles. The molecule has 1 saturated heterocycles. The predicted octanol–water partition coefficient (Wildman–Crippen LogP) is 6.79. The molecule has 12 heteroatoms. The number of benzene rings is 2. The molecule has 0 atom stereocenters. The first kappa shape index (κ1) is 29.1. The van der Waals surface area contributed by atoms with Gasteiger partial charge in [0.15, 0.2) is 16.8 Å². The molecule has 8 nitrogen and oxygen atoms in total. The van der Waals surface area contributed by atoms with Crippen LogP contribution < -0.4 is 10.2 Å². The molecule has 0 spiro atoms. The molecule has 0 radical (unpaired) electrons. The molecule has 0 bridgehead atoms. The summed E-state index contributed by atoms with van der Waals surface area (Å²) >= 11 is 1.30. The van der Waals surface area contributed by atoms with Crippen LogP contribution in [0.15, 0.2) is 70.7 Å². The molecule has 1 fully saturated rings. The maximum Gasteiger partial charge on any atom is 0.417 e. The van der Waals surface area contributed by atoms with Crippen LogP contribution in [0.1, 0.15) is 45.8 Å². The van der Waals surface area contributed by atoms with Crippen molar-refractivity contribution in [3.63, 3.8) is 0 Å². The van der Waals surface area contributed by atoms with Gasteiger partial charge in [-0.05, 0) is 49.4 Å². The molecule has 1 aliphatic heterocycles. The van der Waals surface area contributed by atoms with Gasteiger partial charge in [-0.1, -0.05) is 37.8 Å². The molecule has 2 aromatic heterocycles. The molecule has 0 amide bonds. The van der Waals surface area contributed by atoms with E-state index in [1.54, 1.807) is 37.3 Å². The van der Waals surface area contributed by atoms with Crippen molar-refractivity contribution in [1.82, 2.24) is 20.2 Å². The lowest BCUT2D eigenvalue weighted by atomic mass is 9.97. The largest absolute Gasteiger partial charge is 0.417 e. The van der Waals surface area contributed by atoms with Crippen LogP contribution in [-0.2, 0) is 12.6 Å². The minimum absolute atomic E-state index is 0. The van der Waals surface area contributed by atoms with Crippen LogP contribution in [0.25, 0.3) is 0 Å². The fraction of sp³-hybridized carbons (Fsp3) is 0.286. The fourth-order valence-corrected chi connectivity index (χ4v) is 5.04. The summed E-state index contributed by atoms with van der Waals surface area (Å²) in [6.07, 6.45) is -4.76. The lowest BCUT2D eigenvalue weighted by Gasteiger charge is -2.45. The summed E-state index contributed by atoms with van der Waals surface area (Å²) in [5.41, 5.74) is -0.572. The van der Waals surface area contributed by atoms with E-state index in [4.69, 9.17) is 0 Å². The van der Waals surface area contributed by atoms with Gasteiger partial charge in [-0.25, -0.2) is 9.97 Å². The first-order chi connectivity index (χ1) is 18.4. The molecule has 0 unspecified atom stereocenters. The average molecular weight is 577 g/mol. The standard InChI is InChI=1S/C27H25F3N6O2S.CH4.3H2/c1-16-11-23(35-34-16)31-22-13-24(36-14-26(2,38)15-36)33-25(32-22)39-18-9-7-17(8-10-18)12-21(37)19-5-3-4-6-20(19)27(28,29)30;;;;/h3-11,13,38H,12,14-15H2,1-2H3,(H2,31,32,33,34,35);1H4;3*1H. The van der Waals surface area contributed by atoms with Crippen LogP contribution in [0.5, 0.6) is 0 Å². The third-order valence-electron chi connectivity index (χ3n) is 6.07. The summed E-state index contributed by atoms with van der Waals surface area (Å²) in [6.45, 7) is 4.53. The van der Waals surface area contributed by atoms with E-state index in [1.807, 2.05) is 17.9 Å². The number of aromatic nitrogens is 4. The Bertz CT molecular complexity index is 1510. The summed E-state index contributed by atoms with van der Waals surface area (Å²) in [4.78, 5) is 24.6. The van der Waals surface area contributed by atoms with Crippen LogP contribution in [0.4, 0.5) is 30.6 Å². The lowest BCUT2D eigenvalue weighted by molar-refractivity contribution is -0.137. The van der Waals surface area contributed by atoms with Gasteiger partial charge in [0.05, 0.1) is 11.2 Å². The second kappa shape index (κ2) is 11.3. The fourth-order valence-electron chi connectivity index (χ4n) is 4.27. The van der Waals surface area contributed by atoms with Crippen molar-refractivity contribution in [3.05, 3.63) is 83.0 Å². The summed E-state index contributed by atoms with van der Waals surface area (Å²) in [7, 11) is 0. The van der Waals surface area contributed by atoms with Crippen molar-refractivity contribution in [2.75, 3.05) is 23.3 Å². The number of aryl methyl sites for hydroxylation is 1. The molecule has 2 aromatic carbocycles. The minimum atomic E-state index is -4.60.